The summed E-state index contributed by atoms with van der Waals surface area (Å²) in [6.07, 6.45) is 7.49. The number of nitrogens with one attached hydrogen (secondary N) is 1. The zero-order chi connectivity index (χ0) is 16.4. The molecule has 0 atom stereocenters. The molecule has 0 aliphatic carbocycles. The van der Waals surface area contributed by atoms with Crippen LogP contribution in [-0.4, -0.2) is 46.7 Å². The molecule has 0 amide bonds. The van der Waals surface area contributed by atoms with Gasteiger partial charge in [-0.15, -0.1) is 0 Å². The first kappa shape index (κ1) is 15.1. The first-order valence-corrected chi connectivity index (χ1v) is 8.34. The number of fused-ring (bicyclic) bond motifs is 1. The highest BCUT2D eigenvalue weighted by atomic mass is 16.5. The van der Waals surface area contributed by atoms with Crippen LogP contribution in [0.25, 0.3) is 22.3 Å². The van der Waals surface area contributed by atoms with Crippen LogP contribution in [0.5, 0.6) is 0 Å². The van der Waals surface area contributed by atoms with Crippen LogP contribution < -0.4 is 4.90 Å². The highest BCUT2D eigenvalue weighted by Gasteiger charge is 2.19. The second kappa shape index (κ2) is 6.57. The lowest BCUT2D eigenvalue weighted by Gasteiger charge is -2.27. The maximum absolute atomic E-state index is 5.45. The number of aromatic amines is 1. The summed E-state index contributed by atoms with van der Waals surface area (Å²) in [5.74, 6) is 1.63. The standard InChI is InChI=1S/C18H21N5O/c1-23(11-13-4-7-24-8-5-13)18-15-9-16(14-3-2-6-19-10-14)22-17(15)20-12-21-18/h2-3,6,9-10,12-13H,4-5,7-8,11H2,1H3,(H,20,21,22). The van der Waals surface area contributed by atoms with Crippen LogP contribution in [0.1, 0.15) is 12.8 Å². The molecule has 0 radical (unpaired) electrons. The van der Waals surface area contributed by atoms with Crippen molar-refractivity contribution in [3.63, 3.8) is 0 Å². The van der Waals surface area contributed by atoms with Gasteiger partial charge in [-0.05, 0) is 37.0 Å². The average Bonchev–Trinajstić information content (AvgIpc) is 3.07. The summed E-state index contributed by atoms with van der Waals surface area (Å²) in [5, 5.41) is 1.05. The molecule has 0 spiro atoms. The Labute approximate surface area is 140 Å². The van der Waals surface area contributed by atoms with E-state index in [2.05, 4.69) is 37.9 Å². The van der Waals surface area contributed by atoms with Gasteiger partial charge in [-0.1, -0.05) is 0 Å². The summed E-state index contributed by atoms with van der Waals surface area (Å²) < 4.78 is 5.45. The van der Waals surface area contributed by atoms with Crippen LogP contribution in [0, 0.1) is 5.92 Å². The second-order valence-electron chi connectivity index (χ2n) is 6.32. The van der Waals surface area contributed by atoms with E-state index in [9.17, 15) is 0 Å². The van der Waals surface area contributed by atoms with Gasteiger partial charge >= 0.3 is 0 Å². The van der Waals surface area contributed by atoms with Gasteiger partial charge in [0.2, 0.25) is 0 Å². The van der Waals surface area contributed by atoms with Crippen molar-refractivity contribution in [2.45, 2.75) is 12.8 Å². The van der Waals surface area contributed by atoms with E-state index in [1.165, 1.54) is 0 Å². The van der Waals surface area contributed by atoms with E-state index in [0.29, 0.717) is 5.92 Å². The van der Waals surface area contributed by atoms with E-state index < -0.39 is 0 Å². The molecule has 1 N–H and O–H groups in total. The number of rotatable bonds is 4. The Bertz CT molecular complexity index is 811. The van der Waals surface area contributed by atoms with Gasteiger partial charge in [-0.25, -0.2) is 9.97 Å². The van der Waals surface area contributed by atoms with E-state index in [-0.39, 0.29) is 0 Å². The summed E-state index contributed by atoms with van der Waals surface area (Å²) in [6, 6.07) is 6.09. The van der Waals surface area contributed by atoms with Crippen LogP contribution in [-0.2, 0) is 4.74 Å². The zero-order valence-electron chi connectivity index (χ0n) is 13.8. The lowest BCUT2D eigenvalue weighted by Crippen LogP contribution is -2.30. The van der Waals surface area contributed by atoms with Gasteiger partial charge in [0, 0.05) is 50.5 Å². The molecule has 1 saturated heterocycles. The summed E-state index contributed by atoms with van der Waals surface area (Å²) in [4.78, 5) is 18.7. The highest BCUT2D eigenvalue weighted by molar-refractivity contribution is 5.91. The van der Waals surface area contributed by atoms with Crippen molar-refractivity contribution in [2.24, 2.45) is 5.92 Å². The molecule has 3 aromatic heterocycles. The lowest BCUT2D eigenvalue weighted by atomic mass is 10.00. The third-order valence-corrected chi connectivity index (χ3v) is 4.61. The molecule has 0 saturated carbocycles. The van der Waals surface area contributed by atoms with E-state index in [0.717, 1.165) is 60.7 Å². The van der Waals surface area contributed by atoms with Gasteiger partial charge < -0.3 is 14.6 Å². The Balaban J connectivity index is 1.64. The van der Waals surface area contributed by atoms with Gasteiger partial charge in [-0.3, -0.25) is 4.98 Å². The second-order valence-corrected chi connectivity index (χ2v) is 6.32. The van der Waals surface area contributed by atoms with Crippen LogP contribution >= 0.6 is 0 Å². The molecule has 0 aromatic carbocycles. The van der Waals surface area contributed by atoms with Crippen LogP contribution in [0.3, 0.4) is 0 Å². The third-order valence-electron chi connectivity index (χ3n) is 4.61. The van der Waals surface area contributed by atoms with Crippen molar-refractivity contribution in [3.05, 3.63) is 36.9 Å². The fourth-order valence-corrected chi connectivity index (χ4v) is 3.31. The maximum Gasteiger partial charge on any atom is 0.143 e. The van der Waals surface area contributed by atoms with Crippen molar-refractivity contribution in [1.29, 1.82) is 0 Å². The van der Waals surface area contributed by atoms with Crippen molar-refractivity contribution in [2.75, 3.05) is 31.7 Å². The Morgan fingerprint density at radius 1 is 1.29 bits per heavy atom. The summed E-state index contributed by atoms with van der Waals surface area (Å²) in [5.41, 5.74) is 2.92. The zero-order valence-corrected chi connectivity index (χ0v) is 13.8. The van der Waals surface area contributed by atoms with Gasteiger partial charge in [-0.2, -0.15) is 0 Å². The Morgan fingerprint density at radius 2 is 2.17 bits per heavy atom. The van der Waals surface area contributed by atoms with Crippen molar-refractivity contribution >= 4 is 16.9 Å². The quantitative estimate of drug-likeness (QED) is 0.799. The molecule has 1 fully saturated rings. The predicted molar refractivity (Wildman–Crippen MR) is 93.9 cm³/mol. The minimum absolute atomic E-state index is 0.658. The van der Waals surface area contributed by atoms with E-state index in [1.54, 1.807) is 12.5 Å². The van der Waals surface area contributed by atoms with E-state index in [4.69, 9.17) is 4.74 Å². The molecular weight excluding hydrogens is 302 g/mol. The van der Waals surface area contributed by atoms with Crippen LogP contribution in [0.4, 0.5) is 5.82 Å². The van der Waals surface area contributed by atoms with Crippen molar-refractivity contribution < 1.29 is 4.74 Å². The molecule has 3 aromatic rings. The van der Waals surface area contributed by atoms with Gasteiger partial charge in [0.05, 0.1) is 5.39 Å². The molecule has 1 aliphatic rings. The Kier molecular flexibility index (Phi) is 4.13. The number of anilines is 1. The summed E-state index contributed by atoms with van der Waals surface area (Å²) >= 11 is 0. The topological polar surface area (TPSA) is 66.9 Å². The number of ether oxygens (including phenoxy) is 1. The highest BCUT2D eigenvalue weighted by Crippen LogP contribution is 2.28. The van der Waals surface area contributed by atoms with Crippen LogP contribution in [0.2, 0.25) is 0 Å². The largest absolute Gasteiger partial charge is 0.381 e. The molecule has 24 heavy (non-hydrogen) atoms. The third kappa shape index (κ3) is 2.97. The number of hydrogen-bond donors (Lipinski definition) is 1. The van der Waals surface area contributed by atoms with E-state index in [1.807, 2.05) is 18.3 Å². The predicted octanol–water partition coefficient (Wildman–Crippen LogP) is 2.88. The van der Waals surface area contributed by atoms with Crippen LogP contribution in [0.15, 0.2) is 36.9 Å². The minimum Gasteiger partial charge on any atom is -0.381 e. The smallest absolute Gasteiger partial charge is 0.143 e. The number of pyridine rings is 1. The number of hydrogen-bond acceptors (Lipinski definition) is 5. The first-order chi connectivity index (χ1) is 11.8. The minimum atomic E-state index is 0.658. The molecule has 0 bridgehead atoms. The Morgan fingerprint density at radius 3 is 2.96 bits per heavy atom. The van der Waals surface area contributed by atoms with Gasteiger partial charge in [0.15, 0.2) is 0 Å². The molecule has 6 nitrogen and oxygen atoms in total. The molecule has 6 heteroatoms. The average molecular weight is 323 g/mol. The van der Waals surface area contributed by atoms with Gasteiger partial charge in [0.1, 0.15) is 17.8 Å². The first-order valence-electron chi connectivity index (χ1n) is 8.34. The summed E-state index contributed by atoms with van der Waals surface area (Å²) in [6.45, 7) is 2.73. The Hall–Kier alpha value is -2.47. The number of nitrogens with zero attached hydrogens (tertiary/aromatic N) is 4. The molecular formula is C18H21N5O. The molecule has 1 aliphatic heterocycles. The summed E-state index contributed by atoms with van der Waals surface area (Å²) in [7, 11) is 2.11. The van der Waals surface area contributed by atoms with Gasteiger partial charge in [0.25, 0.3) is 0 Å². The fraction of sp³-hybridized carbons (Fsp3) is 0.389. The molecule has 0 unspecified atom stereocenters. The van der Waals surface area contributed by atoms with Crippen molar-refractivity contribution in [3.8, 4) is 11.3 Å². The van der Waals surface area contributed by atoms with Crippen molar-refractivity contribution in [1.82, 2.24) is 19.9 Å². The van der Waals surface area contributed by atoms with E-state index >= 15 is 0 Å². The fourth-order valence-electron chi connectivity index (χ4n) is 3.31. The monoisotopic (exact) mass is 323 g/mol. The number of H-pyrrole nitrogens is 1. The molecule has 4 rings (SSSR count). The molecule has 124 valence electrons. The lowest BCUT2D eigenvalue weighted by molar-refractivity contribution is 0.0685. The maximum atomic E-state index is 5.45. The number of aromatic nitrogens is 4. The SMILES string of the molecule is CN(CC1CCOCC1)c1ncnc2[nH]c(-c3cccnc3)cc12. The normalized spacial score (nSPS) is 15.7. The molecule has 4 heterocycles.